The van der Waals surface area contributed by atoms with Gasteiger partial charge in [-0.3, -0.25) is 4.79 Å². The molecule has 0 aromatic carbocycles. The Hall–Kier alpha value is -2.36. The van der Waals surface area contributed by atoms with Crippen LogP contribution in [0.5, 0.6) is 6.01 Å². The Morgan fingerprint density at radius 2 is 2.10 bits per heavy atom. The number of anilines is 1. The second-order valence-electron chi connectivity index (χ2n) is 4.30. The van der Waals surface area contributed by atoms with E-state index in [0.717, 1.165) is 11.5 Å². The lowest BCUT2D eigenvalue weighted by atomic mass is 10.4. The summed E-state index contributed by atoms with van der Waals surface area (Å²) in [5.74, 6) is 0.615. The van der Waals surface area contributed by atoms with E-state index in [9.17, 15) is 4.79 Å². The van der Waals surface area contributed by atoms with E-state index >= 15 is 0 Å². The summed E-state index contributed by atoms with van der Waals surface area (Å²) in [7, 11) is 5.09. The quantitative estimate of drug-likeness (QED) is 0.825. The third kappa shape index (κ3) is 3.60. The van der Waals surface area contributed by atoms with Crippen molar-refractivity contribution in [3.8, 4) is 6.01 Å². The Balaban J connectivity index is 2.11. The highest BCUT2D eigenvalue weighted by Crippen LogP contribution is 2.11. The Kier molecular flexibility index (Phi) is 4.58. The number of nitrogens with zero attached hydrogens (tertiary/aromatic N) is 6. The molecule has 0 aliphatic heterocycles. The van der Waals surface area contributed by atoms with E-state index < -0.39 is 0 Å². The number of methoxy groups -OCH3 is 1. The highest BCUT2D eigenvalue weighted by molar-refractivity contribution is 7.07. The topological polar surface area (TPSA) is 106 Å². The maximum Gasteiger partial charge on any atom is 0.321 e. The number of hydrogen-bond acceptors (Lipinski definition) is 9. The van der Waals surface area contributed by atoms with Crippen molar-refractivity contribution in [3.63, 3.8) is 0 Å². The fourth-order valence-corrected chi connectivity index (χ4v) is 2.01. The number of nitrogens with one attached hydrogen (secondary N) is 1. The molecule has 10 heteroatoms. The molecule has 0 aliphatic rings. The van der Waals surface area contributed by atoms with Gasteiger partial charge in [0, 0.05) is 14.1 Å². The van der Waals surface area contributed by atoms with E-state index in [4.69, 9.17) is 4.74 Å². The minimum Gasteiger partial charge on any atom is -0.467 e. The van der Waals surface area contributed by atoms with Crippen LogP contribution in [-0.4, -0.2) is 51.7 Å². The van der Waals surface area contributed by atoms with Crippen LogP contribution < -0.4 is 15.0 Å². The predicted octanol–water partition coefficient (Wildman–Crippen LogP) is 0.0361. The zero-order chi connectivity index (χ0) is 15.4. The van der Waals surface area contributed by atoms with Crippen LogP contribution in [0.15, 0.2) is 0 Å². The molecule has 0 bridgehead atoms. The minimum absolute atomic E-state index is 0.163. The van der Waals surface area contributed by atoms with E-state index in [1.165, 1.54) is 7.11 Å². The monoisotopic (exact) mass is 309 g/mol. The Morgan fingerprint density at radius 3 is 2.67 bits per heavy atom. The van der Waals surface area contributed by atoms with Gasteiger partial charge in [-0.25, -0.2) is 0 Å². The summed E-state index contributed by atoms with van der Waals surface area (Å²) < 4.78 is 8.75. The van der Waals surface area contributed by atoms with E-state index in [0.29, 0.717) is 22.3 Å². The number of hydrogen-bond donors (Lipinski definition) is 1. The molecule has 0 saturated heterocycles. The number of amides is 1. The summed E-state index contributed by atoms with van der Waals surface area (Å²) in [6, 6.07) is 0.202. The molecule has 0 spiro atoms. The van der Waals surface area contributed by atoms with Crippen LogP contribution in [0.25, 0.3) is 0 Å². The first-order valence-electron chi connectivity index (χ1n) is 6.04. The van der Waals surface area contributed by atoms with Crippen molar-refractivity contribution >= 4 is 23.4 Å². The van der Waals surface area contributed by atoms with Gasteiger partial charge in [0.25, 0.3) is 5.91 Å². The van der Waals surface area contributed by atoms with Gasteiger partial charge < -0.3 is 15.0 Å². The van der Waals surface area contributed by atoms with Crippen molar-refractivity contribution in [2.45, 2.75) is 13.5 Å². The second kappa shape index (κ2) is 6.39. The largest absolute Gasteiger partial charge is 0.467 e. The lowest BCUT2D eigenvalue weighted by Gasteiger charge is -2.12. The molecule has 0 atom stereocenters. The molecule has 0 aliphatic carbocycles. The van der Waals surface area contributed by atoms with Crippen LogP contribution >= 0.6 is 11.5 Å². The summed E-state index contributed by atoms with van der Waals surface area (Å²) in [5.41, 5.74) is 0.597. The van der Waals surface area contributed by atoms with Crippen molar-refractivity contribution in [3.05, 3.63) is 16.4 Å². The molecule has 9 nitrogen and oxygen atoms in total. The van der Waals surface area contributed by atoms with E-state index in [1.54, 1.807) is 11.8 Å². The molecule has 0 fully saturated rings. The van der Waals surface area contributed by atoms with Crippen molar-refractivity contribution in [2.24, 2.45) is 0 Å². The van der Waals surface area contributed by atoms with Crippen molar-refractivity contribution < 1.29 is 9.53 Å². The highest BCUT2D eigenvalue weighted by atomic mass is 32.1. The van der Waals surface area contributed by atoms with Gasteiger partial charge in [-0.2, -0.15) is 15.0 Å². The molecular weight excluding hydrogens is 294 g/mol. The normalized spacial score (nSPS) is 10.3. The Labute approximate surface area is 125 Å². The number of aromatic nitrogens is 5. The predicted molar refractivity (Wildman–Crippen MR) is 76.5 cm³/mol. The Bertz CT molecular complexity index is 643. The van der Waals surface area contributed by atoms with Crippen molar-refractivity contribution in [1.29, 1.82) is 0 Å². The molecule has 2 heterocycles. The number of carbonyl (C=O) groups is 1. The summed E-state index contributed by atoms with van der Waals surface area (Å²) in [5, 5.41) is 6.52. The fourth-order valence-electron chi connectivity index (χ4n) is 1.44. The van der Waals surface area contributed by atoms with Crippen LogP contribution in [0.3, 0.4) is 0 Å². The molecule has 2 rings (SSSR count). The molecule has 2 aromatic rings. The first-order valence-corrected chi connectivity index (χ1v) is 6.82. The SMILES string of the molecule is COc1nc(CNC(=O)c2snnc2C)nc(N(C)C)n1. The molecule has 0 unspecified atom stereocenters. The number of carbonyl (C=O) groups excluding carboxylic acids is 1. The van der Waals surface area contributed by atoms with Gasteiger partial charge in [0.15, 0.2) is 5.82 Å². The third-order valence-corrected chi connectivity index (χ3v) is 3.32. The van der Waals surface area contributed by atoms with Crippen molar-refractivity contribution in [1.82, 2.24) is 29.9 Å². The molecular formula is C11H15N7O2S. The molecule has 0 radical (unpaired) electrons. The lowest BCUT2D eigenvalue weighted by Crippen LogP contribution is -2.25. The summed E-state index contributed by atoms with van der Waals surface area (Å²) in [6.07, 6.45) is 0. The van der Waals surface area contributed by atoms with Gasteiger partial charge in [-0.15, -0.1) is 5.10 Å². The zero-order valence-corrected chi connectivity index (χ0v) is 12.9. The summed E-state index contributed by atoms with van der Waals surface area (Å²) in [6.45, 7) is 1.89. The zero-order valence-electron chi connectivity index (χ0n) is 12.1. The van der Waals surface area contributed by atoms with Gasteiger partial charge in [-0.1, -0.05) is 4.49 Å². The molecule has 1 N–H and O–H groups in total. The van der Waals surface area contributed by atoms with Gasteiger partial charge in [0.05, 0.1) is 19.3 Å². The van der Waals surface area contributed by atoms with Gasteiger partial charge >= 0.3 is 6.01 Å². The van der Waals surface area contributed by atoms with Crippen LogP contribution in [0, 0.1) is 6.92 Å². The second-order valence-corrected chi connectivity index (χ2v) is 5.06. The van der Waals surface area contributed by atoms with Crippen LogP contribution in [0.1, 0.15) is 21.2 Å². The minimum atomic E-state index is -0.256. The first kappa shape index (κ1) is 15.0. The van der Waals surface area contributed by atoms with Crippen LogP contribution in [0.2, 0.25) is 0 Å². The maximum atomic E-state index is 12.0. The average Bonchev–Trinajstić information content (AvgIpc) is 2.90. The average molecular weight is 309 g/mol. The summed E-state index contributed by atoms with van der Waals surface area (Å²) >= 11 is 1.05. The van der Waals surface area contributed by atoms with Gasteiger partial charge in [-0.05, 0) is 18.5 Å². The van der Waals surface area contributed by atoms with Gasteiger partial charge in [0.2, 0.25) is 5.95 Å². The van der Waals surface area contributed by atoms with E-state index in [2.05, 4.69) is 29.9 Å². The first-order chi connectivity index (χ1) is 10.0. The fraction of sp³-hybridized carbons (Fsp3) is 0.455. The van der Waals surface area contributed by atoms with Crippen LogP contribution in [-0.2, 0) is 6.54 Å². The van der Waals surface area contributed by atoms with Gasteiger partial charge in [0.1, 0.15) is 4.88 Å². The lowest BCUT2D eigenvalue weighted by molar-refractivity contribution is 0.0953. The molecule has 0 saturated carbocycles. The van der Waals surface area contributed by atoms with E-state index in [-0.39, 0.29) is 18.5 Å². The number of aryl methyl sites for hydroxylation is 1. The molecule has 21 heavy (non-hydrogen) atoms. The summed E-state index contributed by atoms with van der Waals surface area (Å²) in [4.78, 5) is 26.6. The molecule has 112 valence electrons. The standard InChI is InChI=1S/C11H15N7O2S/c1-6-8(21-17-16-6)9(19)12-5-7-13-10(18(2)3)15-11(14-7)20-4/h5H2,1-4H3,(H,12,19). The maximum absolute atomic E-state index is 12.0. The number of ether oxygens (including phenoxy) is 1. The van der Waals surface area contributed by atoms with Crippen molar-refractivity contribution in [2.75, 3.05) is 26.1 Å². The van der Waals surface area contributed by atoms with Crippen LogP contribution in [0.4, 0.5) is 5.95 Å². The third-order valence-electron chi connectivity index (χ3n) is 2.50. The van der Waals surface area contributed by atoms with E-state index in [1.807, 2.05) is 14.1 Å². The molecule has 1 amide bonds. The smallest absolute Gasteiger partial charge is 0.321 e. The number of rotatable bonds is 5. The Morgan fingerprint density at radius 1 is 1.33 bits per heavy atom. The highest BCUT2D eigenvalue weighted by Gasteiger charge is 2.14. The molecule has 2 aromatic heterocycles.